The van der Waals surface area contributed by atoms with E-state index in [9.17, 15) is 13.2 Å². The predicted octanol–water partition coefficient (Wildman–Crippen LogP) is 3.65. The van der Waals surface area contributed by atoms with Crippen molar-refractivity contribution in [3.05, 3.63) is 57.2 Å². The highest BCUT2D eigenvalue weighted by Crippen LogP contribution is 2.24. The lowest BCUT2D eigenvalue weighted by Crippen LogP contribution is -2.33. The molecule has 0 fully saturated rings. The Bertz CT molecular complexity index is 947. The first-order chi connectivity index (χ1) is 13.7. The number of amides is 1. The Morgan fingerprint density at radius 3 is 2.59 bits per heavy atom. The molecule has 0 aliphatic heterocycles. The number of sulfonamides is 1. The minimum atomic E-state index is -3.43. The van der Waals surface area contributed by atoms with Gasteiger partial charge in [0.25, 0.3) is 0 Å². The van der Waals surface area contributed by atoms with Crippen molar-refractivity contribution in [1.82, 2.24) is 5.32 Å². The third kappa shape index (κ3) is 7.85. The highest BCUT2D eigenvalue weighted by atomic mass is 127. The number of nitrogens with zero attached hydrogens (tertiary/aromatic N) is 1. The molecule has 2 aromatic rings. The quantitative estimate of drug-likeness (QED) is 0.376. The fourth-order valence-electron chi connectivity index (χ4n) is 2.90. The zero-order valence-corrected chi connectivity index (χ0v) is 19.9. The Balaban J connectivity index is 1.79. The maximum atomic E-state index is 12.2. The van der Waals surface area contributed by atoms with Crippen LogP contribution in [0, 0.1) is 17.4 Å². The van der Waals surface area contributed by atoms with Gasteiger partial charge in [-0.2, -0.15) is 0 Å². The van der Waals surface area contributed by atoms with E-state index in [1.807, 2.05) is 50.2 Å². The van der Waals surface area contributed by atoms with E-state index >= 15 is 0 Å². The molecule has 2 aromatic carbocycles. The molecule has 29 heavy (non-hydrogen) atoms. The third-order valence-corrected chi connectivity index (χ3v) is 6.13. The molecule has 0 heterocycles. The summed E-state index contributed by atoms with van der Waals surface area (Å²) in [4.78, 5) is 12.1. The average Bonchev–Trinajstić information content (AvgIpc) is 2.62. The average molecular weight is 530 g/mol. The van der Waals surface area contributed by atoms with Gasteiger partial charge in [-0.25, -0.2) is 8.42 Å². The second-order valence-corrected chi connectivity index (χ2v) is 10.0. The summed E-state index contributed by atoms with van der Waals surface area (Å²) in [6, 6.07) is 13.4. The van der Waals surface area contributed by atoms with Crippen LogP contribution in [-0.2, 0) is 14.8 Å². The molecule has 0 aliphatic carbocycles. The molecule has 0 aliphatic rings. The van der Waals surface area contributed by atoms with Gasteiger partial charge in [-0.1, -0.05) is 12.1 Å². The van der Waals surface area contributed by atoms with Crippen LogP contribution in [0.3, 0.4) is 0 Å². The maximum absolute atomic E-state index is 12.2. The standard InChI is InChI=1S/C21H27IN2O4S/c1-16-6-4-7-19(14-16)28-13-11-23-21(25)8-5-12-24(29(3,26)27)20-10-9-18(22)15-17(20)2/h4,6-7,9-10,14-15H,5,8,11-13H2,1-3H3,(H,23,25). The first-order valence-corrected chi connectivity index (χ1v) is 12.3. The van der Waals surface area contributed by atoms with Crippen LogP contribution in [0.15, 0.2) is 42.5 Å². The van der Waals surface area contributed by atoms with E-state index in [1.165, 1.54) is 10.6 Å². The molecule has 0 spiro atoms. The van der Waals surface area contributed by atoms with Gasteiger partial charge < -0.3 is 10.1 Å². The Morgan fingerprint density at radius 2 is 1.93 bits per heavy atom. The molecule has 8 heteroatoms. The number of benzene rings is 2. The Hall–Kier alpha value is -1.81. The molecule has 1 N–H and O–H groups in total. The fraction of sp³-hybridized carbons (Fsp3) is 0.381. The minimum absolute atomic E-state index is 0.120. The lowest BCUT2D eigenvalue weighted by Gasteiger charge is -2.24. The summed E-state index contributed by atoms with van der Waals surface area (Å²) in [6.45, 7) is 4.92. The van der Waals surface area contributed by atoms with Crippen LogP contribution >= 0.6 is 22.6 Å². The van der Waals surface area contributed by atoms with Crippen molar-refractivity contribution in [2.45, 2.75) is 26.7 Å². The molecule has 0 saturated carbocycles. The number of hydrogen-bond acceptors (Lipinski definition) is 4. The lowest BCUT2D eigenvalue weighted by molar-refractivity contribution is -0.121. The van der Waals surface area contributed by atoms with Gasteiger partial charge >= 0.3 is 0 Å². The fourth-order valence-corrected chi connectivity index (χ4v) is 4.57. The first kappa shape index (κ1) is 23.5. The minimum Gasteiger partial charge on any atom is -0.492 e. The van der Waals surface area contributed by atoms with Crippen molar-refractivity contribution in [2.75, 3.05) is 30.3 Å². The van der Waals surface area contributed by atoms with Gasteiger partial charge in [-0.3, -0.25) is 9.10 Å². The molecular weight excluding hydrogens is 503 g/mol. The van der Waals surface area contributed by atoms with Gasteiger partial charge in [-0.05, 0) is 84.3 Å². The first-order valence-electron chi connectivity index (χ1n) is 9.37. The van der Waals surface area contributed by atoms with Crippen LogP contribution in [0.2, 0.25) is 0 Å². The van der Waals surface area contributed by atoms with E-state index in [0.717, 1.165) is 20.4 Å². The molecule has 0 saturated heterocycles. The van der Waals surface area contributed by atoms with Crippen LogP contribution < -0.4 is 14.4 Å². The highest BCUT2D eigenvalue weighted by molar-refractivity contribution is 14.1. The molecule has 0 bridgehead atoms. The molecule has 0 aromatic heterocycles. The largest absolute Gasteiger partial charge is 0.492 e. The predicted molar refractivity (Wildman–Crippen MR) is 125 cm³/mol. The monoisotopic (exact) mass is 530 g/mol. The summed E-state index contributed by atoms with van der Waals surface area (Å²) < 4.78 is 32.5. The zero-order valence-electron chi connectivity index (χ0n) is 16.9. The molecule has 6 nitrogen and oxygen atoms in total. The van der Waals surface area contributed by atoms with E-state index < -0.39 is 10.0 Å². The summed E-state index contributed by atoms with van der Waals surface area (Å²) in [7, 11) is -3.43. The van der Waals surface area contributed by atoms with Gasteiger partial charge in [0, 0.05) is 16.5 Å². The zero-order chi connectivity index (χ0) is 21.4. The van der Waals surface area contributed by atoms with Gasteiger partial charge in [-0.15, -0.1) is 0 Å². The Morgan fingerprint density at radius 1 is 1.17 bits per heavy atom. The van der Waals surface area contributed by atoms with Crippen LogP contribution in [0.5, 0.6) is 5.75 Å². The molecular formula is C21H27IN2O4S. The van der Waals surface area contributed by atoms with Crippen LogP contribution in [0.25, 0.3) is 0 Å². The second kappa shape index (κ2) is 10.8. The molecule has 1 amide bonds. The summed E-state index contributed by atoms with van der Waals surface area (Å²) in [5, 5.41) is 2.81. The SMILES string of the molecule is Cc1cccc(OCCNC(=O)CCCN(c2ccc(I)cc2C)S(C)(=O)=O)c1. The molecule has 158 valence electrons. The number of nitrogens with one attached hydrogen (secondary N) is 1. The smallest absolute Gasteiger partial charge is 0.232 e. The van der Waals surface area contributed by atoms with Crippen LogP contribution in [0.1, 0.15) is 24.0 Å². The number of ether oxygens (including phenoxy) is 1. The van der Waals surface area contributed by atoms with Crippen molar-refractivity contribution in [1.29, 1.82) is 0 Å². The summed E-state index contributed by atoms with van der Waals surface area (Å²) in [5.41, 5.74) is 2.66. The number of aryl methyl sites for hydroxylation is 2. The number of halogens is 1. The second-order valence-electron chi connectivity index (χ2n) is 6.88. The number of rotatable bonds is 10. The lowest BCUT2D eigenvalue weighted by atomic mass is 10.2. The van der Waals surface area contributed by atoms with E-state index in [0.29, 0.717) is 25.3 Å². The van der Waals surface area contributed by atoms with Crippen LogP contribution in [-0.4, -0.2) is 40.3 Å². The van der Waals surface area contributed by atoms with E-state index in [-0.39, 0.29) is 18.9 Å². The van der Waals surface area contributed by atoms with Crippen molar-refractivity contribution >= 4 is 44.2 Å². The van der Waals surface area contributed by atoms with Gasteiger partial charge in [0.15, 0.2) is 0 Å². The molecule has 0 radical (unpaired) electrons. The van der Waals surface area contributed by atoms with Gasteiger partial charge in [0.05, 0.1) is 18.5 Å². The molecule has 2 rings (SSSR count). The normalized spacial score (nSPS) is 11.2. The topological polar surface area (TPSA) is 75.7 Å². The third-order valence-electron chi connectivity index (χ3n) is 4.28. The van der Waals surface area contributed by atoms with Crippen molar-refractivity contribution < 1.29 is 17.9 Å². The van der Waals surface area contributed by atoms with Crippen LogP contribution in [0.4, 0.5) is 5.69 Å². The van der Waals surface area contributed by atoms with Gasteiger partial charge in [0.1, 0.15) is 12.4 Å². The van der Waals surface area contributed by atoms with Crippen molar-refractivity contribution in [3.8, 4) is 5.75 Å². The summed E-state index contributed by atoms with van der Waals surface area (Å²) >= 11 is 2.19. The summed E-state index contributed by atoms with van der Waals surface area (Å²) in [6.07, 6.45) is 1.87. The number of hydrogen-bond donors (Lipinski definition) is 1. The van der Waals surface area contributed by atoms with Gasteiger partial charge in [0.2, 0.25) is 15.9 Å². The number of carbonyl (C=O) groups is 1. The van der Waals surface area contributed by atoms with E-state index in [1.54, 1.807) is 6.07 Å². The van der Waals surface area contributed by atoms with Crippen molar-refractivity contribution in [2.24, 2.45) is 0 Å². The Labute approximate surface area is 186 Å². The maximum Gasteiger partial charge on any atom is 0.232 e. The van der Waals surface area contributed by atoms with E-state index in [4.69, 9.17) is 4.74 Å². The van der Waals surface area contributed by atoms with Crippen molar-refractivity contribution in [3.63, 3.8) is 0 Å². The summed E-state index contributed by atoms with van der Waals surface area (Å²) in [5.74, 6) is 0.654. The number of carbonyl (C=O) groups excluding carboxylic acids is 1. The highest BCUT2D eigenvalue weighted by Gasteiger charge is 2.19. The Kier molecular flexibility index (Phi) is 8.76. The van der Waals surface area contributed by atoms with E-state index in [2.05, 4.69) is 27.9 Å². The molecule has 0 unspecified atom stereocenters. The number of anilines is 1. The molecule has 0 atom stereocenters.